The lowest BCUT2D eigenvalue weighted by molar-refractivity contribution is -0.384. The molecule has 0 fully saturated rings. The lowest BCUT2D eigenvalue weighted by Crippen LogP contribution is -2.16. The minimum absolute atomic E-state index is 0.00830. The molecule has 0 aromatic heterocycles. The SMILES string of the molecule is O=[N+]([O-])c1cc2c(cc1NCCCc1ccccc1)OCCO2. The maximum absolute atomic E-state index is 11.2. The van der Waals surface area contributed by atoms with Crippen LogP contribution in [0.25, 0.3) is 0 Å². The quantitative estimate of drug-likeness (QED) is 0.502. The molecule has 3 rings (SSSR count). The molecule has 2 aromatic rings. The Bertz CT molecular complexity index is 688. The molecule has 0 saturated heterocycles. The fourth-order valence-electron chi connectivity index (χ4n) is 2.53. The van der Waals surface area contributed by atoms with Gasteiger partial charge in [0.25, 0.3) is 5.69 Å². The zero-order valence-corrected chi connectivity index (χ0v) is 12.7. The number of nitro groups is 1. The van der Waals surface area contributed by atoms with Crippen LogP contribution >= 0.6 is 0 Å². The normalized spacial score (nSPS) is 12.7. The summed E-state index contributed by atoms with van der Waals surface area (Å²) in [6.07, 6.45) is 1.81. The van der Waals surface area contributed by atoms with Crippen LogP contribution in [0.3, 0.4) is 0 Å². The van der Waals surface area contributed by atoms with Gasteiger partial charge in [-0.1, -0.05) is 30.3 Å². The molecule has 1 heterocycles. The highest BCUT2D eigenvalue weighted by molar-refractivity contribution is 5.68. The average molecular weight is 314 g/mol. The van der Waals surface area contributed by atoms with Crippen LogP contribution in [0.1, 0.15) is 12.0 Å². The van der Waals surface area contributed by atoms with Crippen molar-refractivity contribution in [3.63, 3.8) is 0 Å². The number of anilines is 1. The summed E-state index contributed by atoms with van der Waals surface area (Å²) in [7, 11) is 0. The summed E-state index contributed by atoms with van der Waals surface area (Å²) in [5, 5.41) is 14.4. The Hall–Kier alpha value is -2.76. The first-order valence-corrected chi connectivity index (χ1v) is 7.60. The lowest BCUT2D eigenvalue weighted by Gasteiger charge is -2.19. The van der Waals surface area contributed by atoms with Crippen LogP contribution in [0.2, 0.25) is 0 Å². The Balaban J connectivity index is 1.65. The minimum Gasteiger partial charge on any atom is -0.486 e. The molecule has 120 valence electrons. The molecule has 0 spiro atoms. The smallest absolute Gasteiger partial charge is 0.296 e. The molecule has 1 N–H and O–H groups in total. The highest BCUT2D eigenvalue weighted by Crippen LogP contribution is 2.39. The zero-order valence-electron chi connectivity index (χ0n) is 12.7. The summed E-state index contributed by atoms with van der Waals surface area (Å²) in [5.41, 5.74) is 1.73. The van der Waals surface area contributed by atoms with Gasteiger partial charge in [-0.05, 0) is 18.4 Å². The van der Waals surface area contributed by atoms with E-state index in [0.717, 1.165) is 12.8 Å². The first-order valence-electron chi connectivity index (χ1n) is 7.60. The molecule has 0 atom stereocenters. The van der Waals surface area contributed by atoms with E-state index in [0.29, 0.717) is 36.9 Å². The van der Waals surface area contributed by atoms with Crippen molar-refractivity contribution in [2.24, 2.45) is 0 Å². The predicted molar refractivity (Wildman–Crippen MR) is 87.3 cm³/mol. The van der Waals surface area contributed by atoms with Gasteiger partial charge in [-0.3, -0.25) is 10.1 Å². The van der Waals surface area contributed by atoms with Crippen LogP contribution in [0.15, 0.2) is 42.5 Å². The van der Waals surface area contributed by atoms with E-state index in [4.69, 9.17) is 9.47 Å². The Labute approximate surface area is 134 Å². The number of rotatable bonds is 6. The number of fused-ring (bicyclic) bond motifs is 1. The molecule has 0 saturated carbocycles. The molecule has 0 amide bonds. The van der Waals surface area contributed by atoms with Crippen molar-refractivity contribution in [1.29, 1.82) is 0 Å². The fraction of sp³-hybridized carbons (Fsp3) is 0.294. The minimum atomic E-state index is -0.405. The summed E-state index contributed by atoms with van der Waals surface area (Å²) < 4.78 is 10.9. The topological polar surface area (TPSA) is 73.6 Å². The maximum Gasteiger partial charge on any atom is 0.296 e. The molecule has 6 nitrogen and oxygen atoms in total. The molecule has 2 aromatic carbocycles. The second-order valence-corrected chi connectivity index (χ2v) is 5.29. The molecule has 23 heavy (non-hydrogen) atoms. The third kappa shape index (κ3) is 3.71. The van der Waals surface area contributed by atoms with Gasteiger partial charge in [-0.15, -0.1) is 0 Å². The molecule has 0 radical (unpaired) electrons. The maximum atomic E-state index is 11.2. The van der Waals surface area contributed by atoms with Crippen LogP contribution < -0.4 is 14.8 Å². The van der Waals surface area contributed by atoms with Gasteiger partial charge in [0, 0.05) is 12.6 Å². The molecule has 1 aliphatic heterocycles. The van der Waals surface area contributed by atoms with Gasteiger partial charge in [-0.2, -0.15) is 0 Å². The second-order valence-electron chi connectivity index (χ2n) is 5.29. The highest BCUT2D eigenvalue weighted by atomic mass is 16.6. The second kappa shape index (κ2) is 7.00. The molecule has 0 bridgehead atoms. The van der Waals surface area contributed by atoms with E-state index in [2.05, 4.69) is 17.4 Å². The molecular weight excluding hydrogens is 296 g/mol. The van der Waals surface area contributed by atoms with Gasteiger partial charge in [0.2, 0.25) is 0 Å². The predicted octanol–water partition coefficient (Wildman–Crippen LogP) is 3.41. The number of ether oxygens (including phenoxy) is 2. The van der Waals surface area contributed by atoms with Crippen LogP contribution in [-0.4, -0.2) is 24.7 Å². The molecule has 0 aliphatic carbocycles. The molecular formula is C17H18N2O4. The van der Waals surface area contributed by atoms with E-state index in [9.17, 15) is 10.1 Å². The number of aryl methyl sites for hydroxylation is 1. The fourth-order valence-corrected chi connectivity index (χ4v) is 2.53. The van der Waals surface area contributed by atoms with E-state index in [-0.39, 0.29) is 5.69 Å². The summed E-state index contributed by atoms with van der Waals surface area (Å²) in [5.74, 6) is 0.977. The van der Waals surface area contributed by atoms with Crippen LogP contribution in [0, 0.1) is 10.1 Å². The Morgan fingerprint density at radius 3 is 2.48 bits per heavy atom. The van der Waals surface area contributed by atoms with Crippen molar-refractivity contribution < 1.29 is 14.4 Å². The Kier molecular flexibility index (Phi) is 4.61. The van der Waals surface area contributed by atoms with Crippen LogP contribution in [0.4, 0.5) is 11.4 Å². The summed E-state index contributed by atoms with van der Waals surface area (Å²) in [6.45, 7) is 1.52. The highest BCUT2D eigenvalue weighted by Gasteiger charge is 2.21. The average Bonchev–Trinajstić information content (AvgIpc) is 2.59. The number of hydrogen-bond donors (Lipinski definition) is 1. The van der Waals surface area contributed by atoms with E-state index in [1.54, 1.807) is 6.07 Å². The number of benzene rings is 2. The van der Waals surface area contributed by atoms with E-state index < -0.39 is 4.92 Å². The summed E-state index contributed by atoms with van der Waals surface area (Å²) >= 11 is 0. The standard InChI is InChI=1S/C17H18N2O4/c20-19(21)15-12-17-16(22-9-10-23-17)11-14(15)18-8-4-7-13-5-2-1-3-6-13/h1-3,5-6,11-12,18H,4,7-10H2. The van der Waals surface area contributed by atoms with Gasteiger partial charge < -0.3 is 14.8 Å². The van der Waals surface area contributed by atoms with Gasteiger partial charge in [0.05, 0.1) is 11.0 Å². The van der Waals surface area contributed by atoms with Gasteiger partial charge in [0.15, 0.2) is 11.5 Å². The van der Waals surface area contributed by atoms with E-state index in [1.165, 1.54) is 11.6 Å². The van der Waals surface area contributed by atoms with Crippen molar-refractivity contribution in [3.05, 3.63) is 58.1 Å². The van der Waals surface area contributed by atoms with Crippen molar-refractivity contribution in [1.82, 2.24) is 0 Å². The van der Waals surface area contributed by atoms with E-state index >= 15 is 0 Å². The number of nitro benzene ring substituents is 1. The third-order valence-electron chi connectivity index (χ3n) is 3.66. The largest absolute Gasteiger partial charge is 0.486 e. The van der Waals surface area contributed by atoms with Crippen molar-refractivity contribution in [2.75, 3.05) is 25.1 Å². The van der Waals surface area contributed by atoms with Gasteiger partial charge >= 0.3 is 0 Å². The number of nitrogens with zero attached hydrogens (tertiary/aromatic N) is 1. The lowest BCUT2D eigenvalue weighted by atomic mass is 10.1. The van der Waals surface area contributed by atoms with E-state index in [1.807, 2.05) is 18.2 Å². The zero-order chi connectivity index (χ0) is 16.1. The molecule has 0 unspecified atom stereocenters. The Morgan fingerprint density at radius 2 is 1.78 bits per heavy atom. The monoisotopic (exact) mass is 314 g/mol. The molecule has 6 heteroatoms. The third-order valence-corrected chi connectivity index (χ3v) is 3.66. The van der Waals surface area contributed by atoms with Crippen LogP contribution in [0.5, 0.6) is 11.5 Å². The van der Waals surface area contributed by atoms with Gasteiger partial charge in [-0.25, -0.2) is 0 Å². The van der Waals surface area contributed by atoms with Crippen molar-refractivity contribution >= 4 is 11.4 Å². The Morgan fingerprint density at radius 1 is 1.09 bits per heavy atom. The van der Waals surface area contributed by atoms with Crippen molar-refractivity contribution in [3.8, 4) is 11.5 Å². The van der Waals surface area contributed by atoms with Crippen molar-refractivity contribution in [2.45, 2.75) is 12.8 Å². The number of nitrogens with one attached hydrogen (secondary N) is 1. The molecule has 1 aliphatic rings. The first-order chi connectivity index (χ1) is 11.2. The van der Waals surface area contributed by atoms with Gasteiger partial charge in [0.1, 0.15) is 18.9 Å². The number of hydrogen-bond acceptors (Lipinski definition) is 5. The summed E-state index contributed by atoms with van der Waals surface area (Å²) in [4.78, 5) is 10.8. The van der Waals surface area contributed by atoms with Crippen LogP contribution in [-0.2, 0) is 6.42 Å². The summed E-state index contributed by atoms with van der Waals surface area (Å²) in [6, 6.07) is 13.2. The first kappa shape index (κ1) is 15.1.